The maximum atomic E-state index is 10.6. The molecule has 17 heavy (non-hydrogen) atoms. The molecule has 4 nitrogen and oxygen atoms in total. The van der Waals surface area contributed by atoms with Gasteiger partial charge in [-0.25, -0.2) is 0 Å². The molecule has 0 aliphatic rings. The number of aliphatic carboxylic acids is 1. The van der Waals surface area contributed by atoms with Crippen LogP contribution in [-0.4, -0.2) is 23.3 Å². The van der Waals surface area contributed by atoms with Gasteiger partial charge in [-0.05, 0) is 39.5 Å². The van der Waals surface area contributed by atoms with Gasteiger partial charge in [-0.1, -0.05) is 13.0 Å². The number of aliphatic hydroxyl groups excluding tert-OH is 1. The number of aliphatic hydroxyl groups is 1. The maximum absolute atomic E-state index is 10.6. The lowest BCUT2D eigenvalue weighted by molar-refractivity contribution is -0.139. The van der Waals surface area contributed by atoms with Crippen molar-refractivity contribution in [3.63, 3.8) is 0 Å². The van der Waals surface area contributed by atoms with Crippen molar-refractivity contribution in [2.45, 2.75) is 19.4 Å². The molecule has 0 saturated carbocycles. The molecule has 0 saturated heterocycles. The number of carboxylic acids is 1. The van der Waals surface area contributed by atoms with E-state index in [0.29, 0.717) is 11.3 Å². The molecule has 0 amide bonds. The second-order valence-corrected chi connectivity index (χ2v) is 4.77. The van der Waals surface area contributed by atoms with Crippen LogP contribution in [0.3, 0.4) is 0 Å². The summed E-state index contributed by atoms with van der Waals surface area (Å²) in [6.07, 6.45) is -0.863. The number of ether oxygens (including phenoxy) is 1. The van der Waals surface area contributed by atoms with Gasteiger partial charge in [0.15, 0.2) is 0 Å². The average Bonchev–Trinajstić information content (AvgIpc) is 2.27. The minimum absolute atomic E-state index is 0.0647. The molecule has 0 heterocycles. The standard InChI is InChI=1S/C12H15BrO4/c1-7(5-11(14)15)12(16)8-3-4-10(17-2)9(13)6-8/h3-4,6-7,12,16H,5H2,1-2H3,(H,14,15). The van der Waals surface area contributed by atoms with Crippen LogP contribution in [0.15, 0.2) is 22.7 Å². The fourth-order valence-corrected chi connectivity index (χ4v) is 2.14. The number of hydrogen-bond acceptors (Lipinski definition) is 3. The Kier molecular flexibility index (Phi) is 4.96. The number of carboxylic acid groups (broad SMARTS) is 1. The first-order valence-electron chi connectivity index (χ1n) is 5.19. The van der Waals surface area contributed by atoms with Crippen molar-refractivity contribution in [3.8, 4) is 5.75 Å². The second-order valence-electron chi connectivity index (χ2n) is 3.91. The number of benzene rings is 1. The summed E-state index contributed by atoms with van der Waals surface area (Å²) >= 11 is 3.32. The number of halogens is 1. The maximum Gasteiger partial charge on any atom is 0.303 e. The minimum Gasteiger partial charge on any atom is -0.496 e. The van der Waals surface area contributed by atoms with Crippen LogP contribution in [0.4, 0.5) is 0 Å². The summed E-state index contributed by atoms with van der Waals surface area (Å²) < 4.78 is 5.82. The SMILES string of the molecule is COc1ccc(C(O)C(C)CC(=O)O)cc1Br. The lowest BCUT2D eigenvalue weighted by atomic mass is 9.95. The van der Waals surface area contributed by atoms with Gasteiger partial charge in [-0.2, -0.15) is 0 Å². The summed E-state index contributed by atoms with van der Waals surface area (Å²) in [6, 6.07) is 5.20. The summed E-state index contributed by atoms with van der Waals surface area (Å²) in [7, 11) is 1.56. The summed E-state index contributed by atoms with van der Waals surface area (Å²) in [5.74, 6) is -0.580. The molecule has 94 valence electrons. The highest BCUT2D eigenvalue weighted by Crippen LogP contribution is 2.31. The highest BCUT2D eigenvalue weighted by atomic mass is 79.9. The van der Waals surface area contributed by atoms with Crippen molar-refractivity contribution >= 4 is 21.9 Å². The van der Waals surface area contributed by atoms with Crippen LogP contribution in [-0.2, 0) is 4.79 Å². The molecular formula is C12H15BrO4. The van der Waals surface area contributed by atoms with Gasteiger partial charge in [0.05, 0.1) is 24.1 Å². The number of rotatable bonds is 5. The van der Waals surface area contributed by atoms with Gasteiger partial charge in [-0.3, -0.25) is 4.79 Å². The van der Waals surface area contributed by atoms with Crippen LogP contribution < -0.4 is 4.74 Å². The summed E-state index contributed by atoms with van der Waals surface area (Å²) in [5.41, 5.74) is 0.673. The first kappa shape index (κ1) is 14.0. The fraction of sp³-hybridized carbons (Fsp3) is 0.417. The van der Waals surface area contributed by atoms with Crippen LogP contribution in [0.2, 0.25) is 0 Å². The molecule has 1 aromatic rings. The monoisotopic (exact) mass is 302 g/mol. The molecule has 1 aromatic carbocycles. The van der Waals surface area contributed by atoms with Gasteiger partial charge in [0.1, 0.15) is 5.75 Å². The van der Waals surface area contributed by atoms with Crippen molar-refractivity contribution in [1.29, 1.82) is 0 Å². The molecular weight excluding hydrogens is 288 g/mol. The van der Waals surface area contributed by atoms with E-state index in [2.05, 4.69) is 15.9 Å². The number of hydrogen-bond donors (Lipinski definition) is 2. The molecule has 2 atom stereocenters. The molecule has 5 heteroatoms. The smallest absolute Gasteiger partial charge is 0.303 e. The highest BCUT2D eigenvalue weighted by Gasteiger charge is 2.19. The van der Waals surface area contributed by atoms with Gasteiger partial charge >= 0.3 is 5.97 Å². The zero-order valence-corrected chi connectivity index (χ0v) is 11.3. The van der Waals surface area contributed by atoms with Gasteiger partial charge in [0, 0.05) is 0 Å². The number of methoxy groups -OCH3 is 1. The molecule has 2 unspecified atom stereocenters. The van der Waals surface area contributed by atoms with Crippen molar-refractivity contribution < 1.29 is 19.7 Å². The molecule has 0 radical (unpaired) electrons. The van der Waals surface area contributed by atoms with Crippen LogP contribution in [0.25, 0.3) is 0 Å². The normalized spacial score (nSPS) is 14.1. The average molecular weight is 303 g/mol. The van der Waals surface area contributed by atoms with Gasteiger partial charge in [-0.15, -0.1) is 0 Å². The zero-order chi connectivity index (χ0) is 13.0. The summed E-state index contributed by atoms with van der Waals surface area (Å²) in [4.78, 5) is 10.6. The Morgan fingerprint density at radius 3 is 2.65 bits per heavy atom. The first-order valence-corrected chi connectivity index (χ1v) is 5.98. The van der Waals surface area contributed by atoms with E-state index < -0.39 is 12.1 Å². The van der Waals surface area contributed by atoms with E-state index in [9.17, 15) is 9.90 Å². The lowest BCUT2D eigenvalue weighted by Crippen LogP contribution is -2.13. The van der Waals surface area contributed by atoms with Gasteiger partial charge in [0.2, 0.25) is 0 Å². The van der Waals surface area contributed by atoms with Crippen molar-refractivity contribution in [1.82, 2.24) is 0 Å². The fourth-order valence-electron chi connectivity index (χ4n) is 1.58. The molecule has 0 fully saturated rings. The third kappa shape index (κ3) is 3.71. The Bertz CT molecular complexity index is 405. The first-order chi connectivity index (χ1) is 7.95. The largest absolute Gasteiger partial charge is 0.496 e. The molecule has 1 rings (SSSR count). The van der Waals surface area contributed by atoms with Crippen LogP contribution in [0.1, 0.15) is 25.0 Å². The van der Waals surface area contributed by atoms with Crippen molar-refractivity contribution in [3.05, 3.63) is 28.2 Å². The van der Waals surface area contributed by atoms with Gasteiger partial charge < -0.3 is 14.9 Å². The minimum atomic E-state index is -0.913. The Labute approximate surface area is 108 Å². The highest BCUT2D eigenvalue weighted by molar-refractivity contribution is 9.10. The van der Waals surface area contributed by atoms with E-state index >= 15 is 0 Å². The van der Waals surface area contributed by atoms with Crippen LogP contribution in [0.5, 0.6) is 5.75 Å². The van der Waals surface area contributed by atoms with E-state index in [0.717, 1.165) is 4.47 Å². The van der Waals surface area contributed by atoms with E-state index in [-0.39, 0.29) is 12.3 Å². The summed E-state index contributed by atoms with van der Waals surface area (Å²) in [6.45, 7) is 1.71. The molecule has 0 aliphatic carbocycles. The summed E-state index contributed by atoms with van der Waals surface area (Å²) in [5, 5.41) is 18.7. The number of carbonyl (C=O) groups is 1. The van der Waals surface area contributed by atoms with Crippen molar-refractivity contribution in [2.75, 3.05) is 7.11 Å². The van der Waals surface area contributed by atoms with Gasteiger partial charge in [0.25, 0.3) is 0 Å². The molecule has 0 spiro atoms. The van der Waals surface area contributed by atoms with Crippen molar-refractivity contribution in [2.24, 2.45) is 5.92 Å². The Balaban J connectivity index is 2.85. The third-order valence-corrected chi connectivity index (χ3v) is 3.17. The van der Waals surface area contributed by atoms with Crippen LogP contribution >= 0.6 is 15.9 Å². The Hall–Kier alpha value is -1.07. The van der Waals surface area contributed by atoms with E-state index in [1.807, 2.05) is 0 Å². The Morgan fingerprint density at radius 1 is 1.53 bits per heavy atom. The molecule has 0 bridgehead atoms. The topological polar surface area (TPSA) is 66.8 Å². The third-order valence-electron chi connectivity index (χ3n) is 2.55. The lowest BCUT2D eigenvalue weighted by Gasteiger charge is -2.18. The molecule has 0 aliphatic heterocycles. The quantitative estimate of drug-likeness (QED) is 0.877. The molecule has 2 N–H and O–H groups in total. The van der Waals surface area contributed by atoms with Crippen LogP contribution in [0, 0.1) is 5.92 Å². The molecule has 0 aromatic heterocycles. The van der Waals surface area contributed by atoms with E-state index in [1.165, 1.54) is 0 Å². The second kappa shape index (κ2) is 6.02. The van der Waals surface area contributed by atoms with E-state index in [1.54, 1.807) is 32.2 Å². The van der Waals surface area contributed by atoms with E-state index in [4.69, 9.17) is 9.84 Å². The zero-order valence-electron chi connectivity index (χ0n) is 9.68. The predicted octanol–water partition coefficient (Wildman–Crippen LogP) is 2.60. The predicted molar refractivity (Wildman–Crippen MR) is 67.1 cm³/mol. The Morgan fingerprint density at radius 2 is 2.18 bits per heavy atom.